The summed E-state index contributed by atoms with van der Waals surface area (Å²) in [6, 6.07) is 19.3. The molecule has 0 spiro atoms. The average Bonchev–Trinajstić information content (AvgIpc) is 2.82. The molecule has 0 saturated heterocycles. The number of halogens is 1. The zero-order valence-corrected chi connectivity index (χ0v) is 21.4. The van der Waals surface area contributed by atoms with Gasteiger partial charge in [0.05, 0.1) is 12.0 Å². The Balaban J connectivity index is 0.000000241. The Labute approximate surface area is 210 Å². The van der Waals surface area contributed by atoms with E-state index in [2.05, 4.69) is 28.9 Å². The predicted molar refractivity (Wildman–Crippen MR) is 138 cm³/mol. The molecule has 0 aliphatic rings. The van der Waals surface area contributed by atoms with Crippen LogP contribution in [0.25, 0.3) is 23.1 Å². The van der Waals surface area contributed by atoms with Crippen LogP contribution in [0.2, 0.25) is 5.02 Å². The number of hydrogen-bond acceptors (Lipinski definition) is 5. The van der Waals surface area contributed by atoms with Gasteiger partial charge in [-0.25, -0.2) is 8.42 Å². The summed E-state index contributed by atoms with van der Waals surface area (Å²) in [4.78, 5) is -0.247. The Bertz CT molecular complexity index is 1470. The number of aryl methyl sites for hydroxylation is 3. The number of nitrogens with zero attached hydrogens (tertiary/aromatic N) is 1. The van der Waals surface area contributed by atoms with Gasteiger partial charge in [0.2, 0.25) is 11.2 Å². The van der Waals surface area contributed by atoms with Gasteiger partial charge in [-0.1, -0.05) is 11.6 Å². The first kappa shape index (κ1) is 26.2. The molecule has 1 aromatic heterocycles. The molecule has 6 nitrogen and oxygen atoms in total. The zero-order chi connectivity index (χ0) is 25.8. The number of fused-ring (bicyclic) bond motifs is 1. The van der Waals surface area contributed by atoms with Crippen molar-refractivity contribution in [3.63, 3.8) is 0 Å². The van der Waals surface area contributed by atoms with Gasteiger partial charge in [0.15, 0.2) is 0 Å². The van der Waals surface area contributed by atoms with E-state index in [1.807, 2.05) is 51.2 Å². The van der Waals surface area contributed by atoms with Crippen molar-refractivity contribution in [2.24, 2.45) is 7.05 Å². The lowest BCUT2D eigenvalue weighted by Crippen LogP contribution is -2.32. The first-order valence-electron chi connectivity index (χ1n) is 10.7. The SMILES string of the molecule is COc1ccc(S(=O)(=O)[O-])cc1.Cc1cc(C=Cc2ccc3cc(Cl)ccc3[n+]2C)cc(C)c1O. The third-order valence-electron chi connectivity index (χ3n) is 5.48. The molecule has 1 heterocycles. The molecule has 35 heavy (non-hydrogen) atoms. The number of aromatic hydroxyl groups is 1. The van der Waals surface area contributed by atoms with Crippen LogP contribution >= 0.6 is 11.6 Å². The molecule has 0 fully saturated rings. The lowest BCUT2D eigenvalue weighted by atomic mass is 10.0. The molecule has 4 rings (SSSR count). The lowest BCUT2D eigenvalue weighted by molar-refractivity contribution is -0.646. The number of benzene rings is 3. The molecule has 4 aromatic rings. The largest absolute Gasteiger partial charge is 0.744 e. The van der Waals surface area contributed by atoms with Gasteiger partial charge in [-0.2, -0.15) is 4.57 Å². The van der Waals surface area contributed by atoms with E-state index >= 15 is 0 Å². The quantitative estimate of drug-likeness (QED) is 0.292. The van der Waals surface area contributed by atoms with Crippen LogP contribution < -0.4 is 9.30 Å². The normalized spacial score (nSPS) is 11.4. The summed E-state index contributed by atoms with van der Waals surface area (Å²) in [5.74, 6) is 0.887. The minimum atomic E-state index is -4.33. The summed E-state index contributed by atoms with van der Waals surface area (Å²) >= 11 is 6.05. The topological polar surface area (TPSA) is 90.5 Å². The van der Waals surface area contributed by atoms with Gasteiger partial charge < -0.3 is 14.4 Å². The van der Waals surface area contributed by atoms with Crippen LogP contribution in [0.5, 0.6) is 11.5 Å². The fourth-order valence-corrected chi connectivity index (χ4v) is 4.22. The van der Waals surface area contributed by atoms with Gasteiger partial charge in [-0.05, 0) is 91.2 Å². The van der Waals surface area contributed by atoms with Gasteiger partial charge in [0.25, 0.3) is 0 Å². The first-order chi connectivity index (χ1) is 16.5. The number of hydrogen-bond donors (Lipinski definition) is 1. The van der Waals surface area contributed by atoms with Gasteiger partial charge in [-0.3, -0.25) is 0 Å². The van der Waals surface area contributed by atoms with Crippen molar-refractivity contribution >= 4 is 44.8 Å². The molecular formula is C27H26ClNO5S. The van der Waals surface area contributed by atoms with Crippen LogP contribution in [-0.2, 0) is 17.2 Å². The highest BCUT2D eigenvalue weighted by Crippen LogP contribution is 2.24. The molecule has 1 N–H and O–H groups in total. The van der Waals surface area contributed by atoms with Crippen molar-refractivity contribution < 1.29 is 27.4 Å². The van der Waals surface area contributed by atoms with E-state index in [9.17, 15) is 18.1 Å². The highest BCUT2D eigenvalue weighted by molar-refractivity contribution is 7.85. The van der Waals surface area contributed by atoms with Gasteiger partial charge in [0, 0.05) is 28.6 Å². The van der Waals surface area contributed by atoms with Crippen LogP contribution in [0.4, 0.5) is 0 Å². The second-order valence-electron chi connectivity index (χ2n) is 7.99. The molecule has 0 atom stereocenters. The number of pyridine rings is 1. The van der Waals surface area contributed by atoms with E-state index in [0.717, 1.165) is 38.3 Å². The van der Waals surface area contributed by atoms with Crippen molar-refractivity contribution in [3.8, 4) is 11.5 Å². The van der Waals surface area contributed by atoms with Crippen molar-refractivity contribution in [1.82, 2.24) is 0 Å². The smallest absolute Gasteiger partial charge is 0.212 e. The Morgan fingerprint density at radius 3 is 2.14 bits per heavy atom. The van der Waals surface area contributed by atoms with E-state index < -0.39 is 10.1 Å². The third-order valence-corrected chi connectivity index (χ3v) is 6.56. The Morgan fingerprint density at radius 2 is 1.57 bits per heavy atom. The molecule has 0 aliphatic heterocycles. The van der Waals surface area contributed by atoms with Crippen molar-refractivity contribution in [2.75, 3.05) is 7.11 Å². The van der Waals surface area contributed by atoms with Crippen LogP contribution in [0.3, 0.4) is 0 Å². The molecule has 0 unspecified atom stereocenters. The molecule has 3 aromatic carbocycles. The van der Waals surface area contributed by atoms with Crippen LogP contribution in [-0.4, -0.2) is 25.2 Å². The number of phenols is 1. The Hall–Kier alpha value is -3.39. The monoisotopic (exact) mass is 511 g/mol. The van der Waals surface area contributed by atoms with Crippen LogP contribution in [0, 0.1) is 13.8 Å². The van der Waals surface area contributed by atoms with Crippen LogP contribution in [0.1, 0.15) is 22.4 Å². The minimum absolute atomic E-state index is 0.247. The Morgan fingerprint density at radius 1 is 0.943 bits per heavy atom. The molecule has 0 aliphatic carbocycles. The zero-order valence-electron chi connectivity index (χ0n) is 19.8. The van der Waals surface area contributed by atoms with Crippen molar-refractivity contribution in [1.29, 1.82) is 0 Å². The van der Waals surface area contributed by atoms with E-state index in [1.165, 1.54) is 31.4 Å². The molecule has 8 heteroatoms. The number of methoxy groups -OCH3 is 1. The maximum atomic E-state index is 10.4. The summed E-state index contributed by atoms with van der Waals surface area (Å²) in [6.45, 7) is 3.83. The van der Waals surface area contributed by atoms with Gasteiger partial charge in [0.1, 0.15) is 28.7 Å². The number of ether oxygens (including phenoxy) is 1. The lowest BCUT2D eigenvalue weighted by Gasteiger charge is -2.06. The number of aromatic nitrogens is 1. The van der Waals surface area contributed by atoms with Gasteiger partial charge >= 0.3 is 0 Å². The fraction of sp³-hybridized carbons (Fsp3) is 0.148. The maximum Gasteiger partial charge on any atom is 0.212 e. The van der Waals surface area contributed by atoms with Crippen LogP contribution in [0.15, 0.2) is 71.6 Å². The first-order valence-corrected chi connectivity index (χ1v) is 12.4. The summed E-state index contributed by atoms with van der Waals surface area (Å²) in [5.41, 5.74) is 5.09. The van der Waals surface area contributed by atoms with E-state index in [4.69, 9.17) is 16.3 Å². The standard InChI is InChI=1S/C20H18ClNO.C7H8O4S/c1-13-10-15(11-14(2)20(13)23)4-7-18-8-5-16-12-17(21)6-9-19(16)22(18)3;1-11-6-2-4-7(5-3-6)12(8,9)10/h4-12H,1-3H3;2-5H,1H3,(H,8,9,10). The van der Waals surface area contributed by atoms with E-state index in [-0.39, 0.29) is 4.90 Å². The van der Waals surface area contributed by atoms with E-state index in [0.29, 0.717) is 11.5 Å². The Kier molecular flexibility index (Phi) is 8.17. The second-order valence-corrected chi connectivity index (χ2v) is 9.80. The number of rotatable bonds is 4. The third kappa shape index (κ3) is 6.60. The minimum Gasteiger partial charge on any atom is -0.744 e. The fourth-order valence-electron chi connectivity index (χ4n) is 3.57. The molecule has 0 radical (unpaired) electrons. The second kappa shape index (κ2) is 10.9. The van der Waals surface area contributed by atoms with Gasteiger partial charge in [-0.15, -0.1) is 0 Å². The molecule has 0 bridgehead atoms. The molecule has 182 valence electrons. The summed E-state index contributed by atoms with van der Waals surface area (Å²) in [7, 11) is -0.829. The number of phenolic OH excluding ortho intramolecular Hbond substituents is 1. The average molecular weight is 512 g/mol. The summed E-state index contributed by atoms with van der Waals surface area (Å²) in [5, 5.41) is 11.7. The summed E-state index contributed by atoms with van der Waals surface area (Å²) < 4.78 is 38.2. The maximum absolute atomic E-state index is 10.4. The van der Waals surface area contributed by atoms with E-state index in [1.54, 1.807) is 0 Å². The molecule has 0 saturated carbocycles. The molecule has 0 amide bonds. The predicted octanol–water partition coefficient (Wildman–Crippen LogP) is 5.41. The van der Waals surface area contributed by atoms with Crippen molar-refractivity contribution in [3.05, 3.63) is 94.1 Å². The van der Waals surface area contributed by atoms with Crippen molar-refractivity contribution in [2.45, 2.75) is 18.7 Å². The highest BCUT2D eigenvalue weighted by Gasteiger charge is 2.10. The molecular weight excluding hydrogens is 486 g/mol. The highest BCUT2D eigenvalue weighted by atomic mass is 35.5. The summed E-state index contributed by atoms with van der Waals surface area (Å²) in [6.07, 6.45) is 4.15.